The fourth-order valence-electron chi connectivity index (χ4n) is 2.97. The SMILES string of the molecule is CCCCCCCCCN1CCC[C@H](NC(=O)N(C)C)C1. The van der Waals surface area contributed by atoms with Crippen molar-refractivity contribution in [1.82, 2.24) is 15.1 Å². The second kappa shape index (κ2) is 10.9. The summed E-state index contributed by atoms with van der Waals surface area (Å²) in [4.78, 5) is 15.8. The van der Waals surface area contributed by atoms with Gasteiger partial charge < -0.3 is 15.1 Å². The maximum Gasteiger partial charge on any atom is 0.317 e. The topological polar surface area (TPSA) is 35.6 Å². The zero-order chi connectivity index (χ0) is 15.5. The minimum absolute atomic E-state index is 0.0396. The van der Waals surface area contributed by atoms with Crippen LogP contribution in [-0.4, -0.2) is 55.6 Å². The van der Waals surface area contributed by atoms with Gasteiger partial charge in [-0.05, 0) is 32.4 Å². The maximum absolute atomic E-state index is 11.7. The molecule has 0 spiro atoms. The molecule has 1 N–H and O–H groups in total. The van der Waals surface area contributed by atoms with Crippen LogP contribution in [-0.2, 0) is 0 Å². The fourth-order valence-corrected chi connectivity index (χ4v) is 2.97. The van der Waals surface area contributed by atoms with Crippen molar-refractivity contribution in [3.05, 3.63) is 0 Å². The number of likely N-dealkylation sites (tertiary alicyclic amines) is 1. The number of nitrogens with zero attached hydrogens (tertiary/aromatic N) is 2. The van der Waals surface area contributed by atoms with Gasteiger partial charge in [-0.25, -0.2) is 4.79 Å². The Hall–Kier alpha value is -0.770. The number of hydrogen-bond donors (Lipinski definition) is 1. The van der Waals surface area contributed by atoms with Crippen LogP contribution in [0.15, 0.2) is 0 Å². The van der Waals surface area contributed by atoms with E-state index >= 15 is 0 Å². The number of carbonyl (C=O) groups excluding carboxylic acids is 1. The number of nitrogens with one attached hydrogen (secondary N) is 1. The van der Waals surface area contributed by atoms with Crippen LogP contribution in [0.1, 0.15) is 64.7 Å². The van der Waals surface area contributed by atoms with Gasteiger partial charge in [0.05, 0.1) is 0 Å². The van der Waals surface area contributed by atoms with Crippen molar-refractivity contribution in [2.75, 3.05) is 33.7 Å². The van der Waals surface area contributed by atoms with E-state index in [0.29, 0.717) is 6.04 Å². The highest BCUT2D eigenvalue weighted by Gasteiger charge is 2.21. The van der Waals surface area contributed by atoms with E-state index in [2.05, 4.69) is 17.1 Å². The Bertz CT molecular complexity index is 281. The van der Waals surface area contributed by atoms with Crippen LogP contribution in [0.2, 0.25) is 0 Å². The van der Waals surface area contributed by atoms with Crippen molar-refractivity contribution in [2.24, 2.45) is 0 Å². The molecule has 1 fully saturated rings. The first-order chi connectivity index (χ1) is 10.1. The minimum Gasteiger partial charge on any atom is -0.334 e. The fraction of sp³-hybridized carbons (Fsp3) is 0.941. The Morgan fingerprint density at radius 2 is 1.81 bits per heavy atom. The molecule has 0 aromatic rings. The van der Waals surface area contributed by atoms with Gasteiger partial charge in [-0.2, -0.15) is 0 Å². The predicted molar refractivity (Wildman–Crippen MR) is 89.7 cm³/mol. The normalized spacial score (nSPS) is 19.5. The molecule has 0 aromatic heterocycles. The van der Waals surface area contributed by atoms with Crippen molar-refractivity contribution in [3.8, 4) is 0 Å². The van der Waals surface area contributed by atoms with Crippen molar-refractivity contribution < 1.29 is 4.79 Å². The Morgan fingerprint density at radius 1 is 1.14 bits per heavy atom. The number of urea groups is 1. The Labute approximate surface area is 131 Å². The van der Waals surface area contributed by atoms with Gasteiger partial charge in [0.2, 0.25) is 0 Å². The lowest BCUT2D eigenvalue weighted by molar-refractivity contribution is 0.174. The summed E-state index contributed by atoms with van der Waals surface area (Å²) in [6, 6.07) is 0.371. The molecule has 21 heavy (non-hydrogen) atoms. The molecule has 0 saturated carbocycles. The molecule has 0 bridgehead atoms. The van der Waals surface area contributed by atoms with Gasteiger partial charge in [-0.15, -0.1) is 0 Å². The summed E-state index contributed by atoms with van der Waals surface area (Å²) >= 11 is 0. The van der Waals surface area contributed by atoms with Crippen LogP contribution in [0.4, 0.5) is 4.79 Å². The van der Waals surface area contributed by atoms with E-state index in [-0.39, 0.29) is 6.03 Å². The highest BCUT2D eigenvalue weighted by Crippen LogP contribution is 2.13. The number of hydrogen-bond acceptors (Lipinski definition) is 2. The minimum atomic E-state index is 0.0396. The van der Waals surface area contributed by atoms with E-state index < -0.39 is 0 Å². The zero-order valence-electron chi connectivity index (χ0n) is 14.4. The largest absolute Gasteiger partial charge is 0.334 e. The molecule has 0 aromatic carbocycles. The summed E-state index contributed by atoms with van der Waals surface area (Å²) in [7, 11) is 3.60. The summed E-state index contributed by atoms with van der Waals surface area (Å²) in [6.45, 7) is 5.68. The van der Waals surface area contributed by atoms with Crippen molar-refractivity contribution >= 4 is 6.03 Å². The molecule has 1 rings (SSSR count). The van der Waals surface area contributed by atoms with E-state index in [1.807, 2.05) is 0 Å². The Balaban J connectivity index is 2.08. The van der Waals surface area contributed by atoms with Crippen LogP contribution in [0.25, 0.3) is 0 Å². The Morgan fingerprint density at radius 3 is 2.48 bits per heavy atom. The summed E-state index contributed by atoms with van der Waals surface area (Å²) in [6.07, 6.45) is 11.9. The molecule has 0 unspecified atom stereocenters. The number of rotatable bonds is 9. The molecule has 0 radical (unpaired) electrons. The standard InChI is InChI=1S/C17H35N3O/c1-4-5-6-7-8-9-10-13-20-14-11-12-16(15-20)18-17(21)19(2)3/h16H,4-15H2,1-3H3,(H,18,21)/t16-/m0/s1. The number of carbonyl (C=O) groups is 1. The monoisotopic (exact) mass is 297 g/mol. The molecule has 1 saturated heterocycles. The van der Waals surface area contributed by atoms with E-state index in [1.54, 1.807) is 19.0 Å². The van der Waals surface area contributed by atoms with Crippen molar-refractivity contribution in [2.45, 2.75) is 70.8 Å². The van der Waals surface area contributed by atoms with Crippen LogP contribution >= 0.6 is 0 Å². The van der Waals surface area contributed by atoms with Crippen LogP contribution < -0.4 is 5.32 Å². The number of piperidine rings is 1. The van der Waals surface area contributed by atoms with E-state index in [4.69, 9.17) is 0 Å². The van der Waals surface area contributed by atoms with Crippen LogP contribution in [0.3, 0.4) is 0 Å². The zero-order valence-corrected chi connectivity index (χ0v) is 14.4. The third-order valence-corrected chi connectivity index (χ3v) is 4.32. The van der Waals surface area contributed by atoms with E-state index in [1.165, 1.54) is 64.5 Å². The molecule has 1 atom stereocenters. The molecule has 4 nitrogen and oxygen atoms in total. The molecular weight excluding hydrogens is 262 g/mol. The maximum atomic E-state index is 11.7. The molecule has 0 aliphatic carbocycles. The lowest BCUT2D eigenvalue weighted by Gasteiger charge is -2.33. The van der Waals surface area contributed by atoms with Crippen LogP contribution in [0, 0.1) is 0 Å². The van der Waals surface area contributed by atoms with Gasteiger partial charge in [0, 0.05) is 26.7 Å². The lowest BCUT2D eigenvalue weighted by atomic mass is 10.0. The summed E-state index contributed by atoms with van der Waals surface area (Å²) in [5.74, 6) is 0. The van der Waals surface area contributed by atoms with Gasteiger partial charge in [-0.1, -0.05) is 45.4 Å². The molecule has 1 aliphatic rings. The average Bonchev–Trinajstić information content (AvgIpc) is 2.46. The molecule has 1 aliphatic heterocycles. The highest BCUT2D eigenvalue weighted by molar-refractivity contribution is 5.73. The third kappa shape index (κ3) is 8.30. The van der Waals surface area contributed by atoms with Gasteiger partial charge in [-0.3, -0.25) is 0 Å². The first-order valence-electron chi connectivity index (χ1n) is 8.83. The van der Waals surface area contributed by atoms with E-state index in [0.717, 1.165) is 13.0 Å². The quantitative estimate of drug-likeness (QED) is 0.661. The van der Waals surface area contributed by atoms with Crippen LogP contribution in [0.5, 0.6) is 0 Å². The van der Waals surface area contributed by atoms with Crippen molar-refractivity contribution in [3.63, 3.8) is 0 Å². The average molecular weight is 297 g/mol. The molecule has 124 valence electrons. The third-order valence-electron chi connectivity index (χ3n) is 4.32. The summed E-state index contributed by atoms with van der Waals surface area (Å²) in [5.41, 5.74) is 0. The molecule has 2 amide bonds. The van der Waals surface area contributed by atoms with E-state index in [9.17, 15) is 4.79 Å². The van der Waals surface area contributed by atoms with Crippen molar-refractivity contribution in [1.29, 1.82) is 0 Å². The lowest BCUT2D eigenvalue weighted by Crippen LogP contribution is -2.50. The summed E-state index contributed by atoms with van der Waals surface area (Å²) < 4.78 is 0. The second-order valence-corrected chi connectivity index (χ2v) is 6.60. The smallest absolute Gasteiger partial charge is 0.317 e. The second-order valence-electron chi connectivity index (χ2n) is 6.60. The van der Waals surface area contributed by atoms with Gasteiger partial charge in [0.1, 0.15) is 0 Å². The first-order valence-corrected chi connectivity index (χ1v) is 8.83. The summed E-state index contributed by atoms with van der Waals surface area (Å²) in [5, 5.41) is 3.12. The van der Waals surface area contributed by atoms with Gasteiger partial charge in [0.25, 0.3) is 0 Å². The molecular formula is C17H35N3O. The molecule has 4 heteroatoms. The first kappa shape index (κ1) is 18.3. The highest BCUT2D eigenvalue weighted by atomic mass is 16.2. The van der Waals surface area contributed by atoms with Gasteiger partial charge in [0.15, 0.2) is 0 Å². The number of amides is 2. The van der Waals surface area contributed by atoms with Gasteiger partial charge >= 0.3 is 6.03 Å². The molecule has 1 heterocycles. The Kier molecular flexibility index (Phi) is 9.48. The predicted octanol–water partition coefficient (Wildman–Crippen LogP) is 3.47. The number of unbranched alkanes of at least 4 members (excludes halogenated alkanes) is 6.